The number of aromatic nitrogens is 3. The number of nitrogens with zero attached hydrogens (tertiary/aromatic N) is 3. The van der Waals surface area contributed by atoms with Gasteiger partial charge in [-0.05, 0) is 30.0 Å². The Morgan fingerprint density at radius 2 is 2.08 bits per heavy atom. The lowest BCUT2D eigenvalue weighted by Gasteiger charge is -2.08. The van der Waals surface area contributed by atoms with Crippen molar-refractivity contribution < 1.29 is 4.79 Å². The van der Waals surface area contributed by atoms with Gasteiger partial charge in [0.1, 0.15) is 0 Å². The van der Waals surface area contributed by atoms with E-state index in [2.05, 4.69) is 15.2 Å². The lowest BCUT2D eigenvalue weighted by Crippen LogP contribution is -2.27. The van der Waals surface area contributed by atoms with Crippen LogP contribution in [0.2, 0.25) is 5.02 Å². The maximum atomic E-state index is 12.6. The maximum absolute atomic E-state index is 12.6. The van der Waals surface area contributed by atoms with Gasteiger partial charge in [-0.3, -0.25) is 15.3 Å². The van der Waals surface area contributed by atoms with Crippen LogP contribution < -0.4 is 4.90 Å². The molecule has 0 spiro atoms. The molecule has 25 heavy (non-hydrogen) atoms. The number of aromatic amines is 1. The van der Waals surface area contributed by atoms with E-state index in [9.17, 15) is 4.79 Å². The molecule has 124 valence electrons. The second-order valence-corrected chi connectivity index (χ2v) is 7.42. The van der Waals surface area contributed by atoms with Crippen LogP contribution in [0.15, 0.2) is 46.9 Å². The Labute approximate surface area is 156 Å². The van der Waals surface area contributed by atoms with E-state index < -0.39 is 0 Å². The number of carbonyl (C=O) groups excluding carboxylic acids is 1. The van der Waals surface area contributed by atoms with Crippen LogP contribution in [0.5, 0.6) is 0 Å². The maximum Gasteiger partial charge on any atom is 0.273 e. The van der Waals surface area contributed by atoms with Gasteiger partial charge in [-0.25, -0.2) is 9.88 Å². The number of benzene rings is 1. The molecule has 0 bridgehead atoms. The number of halogens is 1. The third kappa shape index (κ3) is 2.99. The highest BCUT2D eigenvalue weighted by molar-refractivity contribution is 8.19. The smallest absolute Gasteiger partial charge is 0.273 e. The second-order valence-electron chi connectivity index (χ2n) is 5.08. The molecule has 3 aromatic rings. The number of hydrogen-bond donors (Lipinski definition) is 2. The van der Waals surface area contributed by atoms with Crippen LogP contribution in [-0.2, 0) is 4.79 Å². The van der Waals surface area contributed by atoms with Gasteiger partial charge in [0.15, 0.2) is 10.3 Å². The number of H-pyrrole nitrogens is 1. The highest BCUT2D eigenvalue weighted by atomic mass is 35.5. The molecule has 1 aromatic carbocycles. The Morgan fingerprint density at radius 3 is 2.80 bits per heavy atom. The third-order valence-electron chi connectivity index (χ3n) is 3.52. The van der Waals surface area contributed by atoms with Crippen molar-refractivity contribution in [2.75, 3.05) is 4.90 Å². The molecule has 0 atom stereocenters. The number of anilines is 1. The van der Waals surface area contributed by atoms with E-state index in [1.54, 1.807) is 36.0 Å². The topological polar surface area (TPSA) is 85.7 Å². The number of thioether (sulfide) groups is 1. The van der Waals surface area contributed by atoms with Gasteiger partial charge < -0.3 is 0 Å². The van der Waals surface area contributed by atoms with Crippen LogP contribution >= 0.6 is 34.7 Å². The summed E-state index contributed by atoms with van der Waals surface area (Å²) in [5.74, 6) is -0.256. The summed E-state index contributed by atoms with van der Waals surface area (Å²) < 4.78 is 0. The molecule has 3 heterocycles. The number of thiazole rings is 1. The second kappa shape index (κ2) is 6.47. The van der Waals surface area contributed by atoms with Gasteiger partial charge in [0.2, 0.25) is 0 Å². The summed E-state index contributed by atoms with van der Waals surface area (Å²) in [5.41, 5.74) is 2.47. The van der Waals surface area contributed by atoms with Crippen LogP contribution in [-0.4, -0.2) is 26.3 Å². The van der Waals surface area contributed by atoms with E-state index in [1.807, 2.05) is 12.1 Å². The summed E-state index contributed by atoms with van der Waals surface area (Å²) in [6.45, 7) is 0. The molecule has 0 radical (unpaired) electrons. The molecule has 0 aliphatic carbocycles. The van der Waals surface area contributed by atoms with Crippen molar-refractivity contribution in [2.45, 2.75) is 0 Å². The zero-order chi connectivity index (χ0) is 17.4. The zero-order valence-corrected chi connectivity index (χ0v) is 15.0. The predicted octanol–water partition coefficient (Wildman–Crippen LogP) is 4.24. The first-order valence-corrected chi connectivity index (χ1v) is 9.22. The number of amides is 1. The van der Waals surface area contributed by atoms with Crippen molar-refractivity contribution in [1.82, 2.24) is 15.2 Å². The Bertz CT molecular complexity index is 978. The van der Waals surface area contributed by atoms with Crippen molar-refractivity contribution in [3.05, 3.63) is 57.5 Å². The molecular weight excluding hydrogens is 378 g/mol. The van der Waals surface area contributed by atoms with E-state index in [1.165, 1.54) is 16.2 Å². The first kappa shape index (κ1) is 16.1. The number of carbonyl (C=O) groups is 1. The Hall–Kier alpha value is -2.42. The summed E-state index contributed by atoms with van der Waals surface area (Å²) in [4.78, 5) is 18.5. The molecule has 0 saturated carbocycles. The highest BCUT2D eigenvalue weighted by Gasteiger charge is 2.35. The molecule has 1 fully saturated rings. The zero-order valence-electron chi connectivity index (χ0n) is 12.6. The largest absolute Gasteiger partial charge is 0.278 e. The SMILES string of the molecule is N=C1S/C(=C\c2cn[nH]c2-c2ccc(Cl)cc2)C(=O)N1c1nccs1. The van der Waals surface area contributed by atoms with E-state index >= 15 is 0 Å². The first-order valence-electron chi connectivity index (χ1n) is 7.15. The fourth-order valence-electron chi connectivity index (χ4n) is 2.38. The molecular formula is C16H10ClN5OS2. The molecule has 2 aromatic heterocycles. The van der Waals surface area contributed by atoms with Gasteiger partial charge >= 0.3 is 0 Å². The average molecular weight is 388 g/mol. The number of hydrogen-bond acceptors (Lipinski definition) is 6. The van der Waals surface area contributed by atoms with Crippen LogP contribution in [0.1, 0.15) is 5.56 Å². The molecule has 1 aliphatic heterocycles. The van der Waals surface area contributed by atoms with Gasteiger partial charge in [0.05, 0.1) is 16.8 Å². The van der Waals surface area contributed by atoms with E-state index in [-0.39, 0.29) is 11.1 Å². The molecule has 2 N–H and O–H groups in total. The molecule has 1 saturated heterocycles. The van der Waals surface area contributed by atoms with Gasteiger partial charge in [-0.1, -0.05) is 23.7 Å². The normalized spacial score (nSPS) is 16.2. The van der Waals surface area contributed by atoms with Crippen LogP contribution in [0, 0.1) is 5.41 Å². The number of amidine groups is 1. The average Bonchev–Trinajstić information content (AvgIpc) is 3.31. The Balaban J connectivity index is 1.69. The van der Waals surface area contributed by atoms with Crippen molar-refractivity contribution in [3.63, 3.8) is 0 Å². The van der Waals surface area contributed by atoms with Crippen molar-refractivity contribution in [1.29, 1.82) is 5.41 Å². The summed E-state index contributed by atoms with van der Waals surface area (Å²) in [5, 5.41) is 18.2. The monoisotopic (exact) mass is 387 g/mol. The van der Waals surface area contributed by atoms with Gasteiger partial charge in [-0.2, -0.15) is 5.10 Å². The minimum absolute atomic E-state index is 0.141. The highest BCUT2D eigenvalue weighted by Crippen LogP contribution is 2.37. The molecule has 6 nitrogen and oxygen atoms in total. The standard InChI is InChI=1S/C16H10ClN5OS2/c17-11-3-1-9(2-4-11)13-10(8-20-21-13)7-12-14(23)22(15(18)25-12)16-19-5-6-24-16/h1-8,18H,(H,20,21)/b12-7-,18-15?. The molecule has 1 aliphatic rings. The van der Waals surface area contributed by atoms with Crippen molar-refractivity contribution in [2.24, 2.45) is 0 Å². The van der Waals surface area contributed by atoms with Gasteiger partial charge in [-0.15, -0.1) is 11.3 Å². The number of nitrogens with one attached hydrogen (secondary N) is 2. The fourth-order valence-corrected chi connectivity index (χ4v) is 4.04. The fraction of sp³-hybridized carbons (Fsp3) is 0. The van der Waals surface area contributed by atoms with Crippen LogP contribution in [0.25, 0.3) is 17.3 Å². The summed E-state index contributed by atoms with van der Waals surface area (Å²) >= 11 is 8.36. The lowest BCUT2D eigenvalue weighted by atomic mass is 10.1. The molecule has 4 rings (SSSR count). The van der Waals surface area contributed by atoms with E-state index in [0.29, 0.717) is 15.1 Å². The molecule has 1 amide bonds. The Morgan fingerprint density at radius 1 is 1.28 bits per heavy atom. The summed E-state index contributed by atoms with van der Waals surface area (Å²) in [6, 6.07) is 7.35. The lowest BCUT2D eigenvalue weighted by molar-refractivity contribution is -0.113. The van der Waals surface area contributed by atoms with Gasteiger partial charge in [0, 0.05) is 27.7 Å². The summed E-state index contributed by atoms with van der Waals surface area (Å²) in [6.07, 6.45) is 5.00. The van der Waals surface area contributed by atoms with Crippen LogP contribution in [0.4, 0.5) is 5.13 Å². The Kier molecular flexibility index (Phi) is 4.16. The minimum Gasteiger partial charge on any atom is -0.278 e. The number of rotatable bonds is 3. The predicted molar refractivity (Wildman–Crippen MR) is 102 cm³/mol. The third-order valence-corrected chi connectivity index (χ3v) is 5.42. The van der Waals surface area contributed by atoms with Crippen molar-refractivity contribution >= 4 is 57.0 Å². The van der Waals surface area contributed by atoms with E-state index in [0.717, 1.165) is 28.6 Å². The van der Waals surface area contributed by atoms with Crippen molar-refractivity contribution in [3.8, 4) is 11.3 Å². The molecule has 9 heteroatoms. The molecule has 0 unspecified atom stereocenters. The van der Waals surface area contributed by atoms with E-state index in [4.69, 9.17) is 17.0 Å². The quantitative estimate of drug-likeness (QED) is 0.658. The first-order chi connectivity index (χ1) is 12.1. The summed E-state index contributed by atoms with van der Waals surface area (Å²) in [7, 11) is 0. The van der Waals surface area contributed by atoms with Crippen LogP contribution in [0.3, 0.4) is 0 Å². The van der Waals surface area contributed by atoms with Gasteiger partial charge in [0.25, 0.3) is 5.91 Å². The minimum atomic E-state index is -0.256.